The van der Waals surface area contributed by atoms with E-state index in [1.807, 2.05) is 6.20 Å². The van der Waals surface area contributed by atoms with Crippen LogP contribution in [-0.4, -0.2) is 26.2 Å². The molecule has 0 bridgehead atoms. The molecule has 0 aromatic heterocycles. The number of benzene rings is 3. The summed E-state index contributed by atoms with van der Waals surface area (Å²) in [4.78, 5) is 4.70. The first-order chi connectivity index (χ1) is 18.6. The first-order valence-corrected chi connectivity index (χ1v) is 13.7. The third-order valence-corrected chi connectivity index (χ3v) is 7.11. The predicted octanol–water partition coefficient (Wildman–Crippen LogP) is 7.60. The summed E-state index contributed by atoms with van der Waals surface area (Å²) in [5.74, 6) is 0. The van der Waals surface area contributed by atoms with Crippen LogP contribution in [0.5, 0.6) is 0 Å². The lowest BCUT2D eigenvalue weighted by atomic mass is 9.97. The van der Waals surface area contributed by atoms with E-state index < -0.39 is 0 Å². The molecule has 2 N–H and O–H groups in total. The molecule has 0 spiro atoms. The zero-order chi connectivity index (χ0) is 26.9. The van der Waals surface area contributed by atoms with Gasteiger partial charge in [-0.05, 0) is 91.9 Å². The van der Waals surface area contributed by atoms with Crippen LogP contribution in [0.1, 0.15) is 49.9 Å². The van der Waals surface area contributed by atoms with Crippen LogP contribution in [0.3, 0.4) is 0 Å². The van der Waals surface area contributed by atoms with Gasteiger partial charge in [0.05, 0.1) is 5.70 Å². The lowest BCUT2D eigenvalue weighted by Crippen LogP contribution is -2.28. The lowest BCUT2D eigenvalue weighted by molar-refractivity contribution is 0.790. The number of hydrazine groups is 1. The monoisotopic (exact) mass is 504 g/mol. The Bertz CT molecular complexity index is 1310. The van der Waals surface area contributed by atoms with E-state index in [0.29, 0.717) is 0 Å². The van der Waals surface area contributed by atoms with Gasteiger partial charge in [0.1, 0.15) is 0 Å². The summed E-state index contributed by atoms with van der Waals surface area (Å²) in [5, 5.41) is 0. The van der Waals surface area contributed by atoms with Crippen molar-refractivity contribution in [2.75, 3.05) is 36.0 Å². The smallest absolute Gasteiger partial charge is 0.0618 e. The second-order valence-corrected chi connectivity index (χ2v) is 9.35. The number of hydrogen-bond donors (Lipinski definition) is 2. The number of nitrogens with one attached hydrogen (secondary N) is 2. The summed E-state index contributed by atoms with van der Waals surface area (Å²) in [6.45, 7) is 17.1. The van der Waals surface area contributed by atoms with Crippen molar-refractivity contribution in [1.82, 2.24) is 10.9 Å². The van der Waals surface area contributed by atoms with Gasteiger partial charge in [0.2, 0.25) is 0 Å². The van der Waals surface area contributed by atoms with Gasteiger partial charge in [0.25, 0.3) is 0 Å². The molecule has 1 heterocycles. The Morgan fingerprint density at radius 2 is 1.37 bits per heavy atom. The zero-order valence-electron chi connectivity index (χ0n) is 23.2. The van der Waals surface area contributed by atoms with Crippen molar-refractivity contribution in [3.63, 3.8) is 0 Å². The first-order valence-electron chi connectivity index (χ1n) is 13.7. The molecule has 1 aliphatic heterocycles. The minimum atomic E-state index is 0.985. The molecule has 0 fully saturated rings. The van der Waals surface area contributed by atoms with Crippen LogP contribution in [0.2, 0.25) is 0 Å². The Labute approximate surface area is 228 Å². The van der Waals surface area contributed by atoms with Crippen LogP contribution in [0.25, 0.3) is 22.9 Å². The standard InChI is InChI=1S/C34H40N4/c1-6-37(7-2)32-19-15-27(16-20-32)14-13-26(5)29-11-10-12-30(23-29)31-24-34(36-35-25-31)28-17-21-33(22-18-28)38(8-3)9-4/h10-25,35-36H,5-9H2,1-4H3/b14-13+. The maximum absolute atomic E-state index is 4.34. The topological polar surface area (TPSA) is 30.5 Å². The molecule has 0 aliphatic carbocycles. The Kier molecular flexibility index (Phi) is 9.10. The van der Waals surface area contributed by atoms with Crippen molar-refractivity contribution in [3.05, 3.63) is 120 Å². The van der Waals surface area contributed by atoms with Crippen LogP contribution < -0.4 is 20.7 Å². The molecular formula is C34H40N4. The lowest BCUT2D eigenvalue weighted by Gasteiger charge is -2.22. The maximum Gasteiger partial charge on any atom is 0.0618 e. The number of anilines is 2. The molecule has 3 aromatic carbocycles. The van der Waals surface area contributed by atoms with Gasteiger partial charge in [-0.25, -0.2) is 0 Å². The average molecular weight is 505 g/mol. The fourth-order valence-electron chi connectivity index (χ4n) is 4.76. The summed E-state index contributed by atoms with van der Waals surface area (Å²) in [6, 6.07) is 26.0. The van der Waals surface area contributed by atoms with Crippen molar-refractivity contribution in [2.45, 2.75) is 27.7 Å². The molecule has 3 aromatic rings. The second-order valence-electron chi connectivity index (χ2n) is 9.35. The Morgan fingerprint density at radius 1 is 0.763 bits per heavy atom. The van der Waals surface area contributed by atoms with Gasteiger partial charge >= 0.3 is 0 Å². The van der Waals surface area contributed by atoms with Gasteiger partial charge in [-0.2, -0.15) is 0 Å². The van der Waals surface area contributed by atoms with Crippen LogP contribution in [0.4, 0.5) is 11.4 Å². The molecule has 4 rings (SSSR count). The fraction of sp³-hybridized carbons (Fsp3) is 0.235. The molecular weight excluding hydrogens is 464 g/mol. The van der Waals surface area contributed by atoms with Crippen LogP contribution >= 0.6 is 0 Å². The zero-order valence-corrected chi connectivity index (χ0v) is 23.2. The fourth-order valence-corrected chi connectivity index (χ4v) is 4.76. The molecule has 1 aliphatic rings. The molecule has 0 saturated carbocycles. The van der Waals surface area contributed by atoms with Crippen molar-refractivity contribution in [3.8, 4) is 0 Å². The van der Waals surface area contributed by atoms with E-state index in [2.05, 4.69) is 146 Å². The van der Waals surface area contributed by atoms with Crippen molar-refractivity contribution in [2.24, 2.45) is 0 Å². The summed E-state index contributed by atoms with van der Waals surface area (Å²) in [7, 11) is 0. The van der Waals surface area contributed by atoms with Crippen molar-refractivity contribution in [1.29, 1.82) is 0 Å². The molecule has 0 saturated heterocycles. The molecule has 0 atom stereocenters. The van der Waals surface area contributed by atoms with E-state index in [0.717, 1.165) is 59.7 Å². The molecule has 4 heteroatoms. The molecule has 0 radical (unpaired) electrons. The van der Waals surface area contributed by atoms with E-state index >= 15 is 0 Å². The number of allylic oxidation sites excluding steroid dienone is 4. The van der Waals surface area contributed by atoms with Gasteiger partial charge < -0.3 is 20.7 Å². The first kappa shape index (κ1) is 26.9. The third-order valence-electron chi connectivity index (χ3n) is 7.11. The minimum Gasteiger partial charge on any atom is -0.372 e. The highest BCUT2D eigenvalue weighted by Gasteiger charge is 2.11. The second kappa shape index (κ2) is 12.9. The normalized spacial score (nSPS) is 12.8. The summed E-state index contributed by atoms with van der Waals surface area (Å²) < 4.78 is 0. The van der Waals surface area contributed by atoms with Crippen LogP contribution in [0, 0.1) is 0 Å². The molecule has 196 valence electrons. The van der Waals surface area contributed by atoms with Crippen molar-refractivity contribution < 1.29 is 0 Å². The molecule has 0 unspecified atom stereocenters. The summed E-state index contributed by atoms with van der Waals surface area (Å²) in [6.07, 6.45) is 8.42. The van der Waals surface area contributed by atoms with Crippen LogP contribution in [-0.2, 0) is 0 Å². The number of rotatable bonds is 11. The van der Waals surface area contributed by atoms with Gasteiger partial charge in [0.15, 0.2) is 0 Å². The van der Waals surface area contributed by atoms with Gasteiger partial charge in [-0.1, -0.05) is 61.2 Å². The SMILES string of the molecule is C=C(/C=C/c1ccc(N(CC)CC)cc1)c1cccc(C2=CNNC(c3ccc(N(CC)CC)cc3)=C2)c1. The Morgan fingerprint density at radius 3 is 1.97 bits per heavy atom. The van der Waals surface area contributed by atoms with Gasteiger partial charge in [0, 0.05) is 49.3 Å². The van der Waals surface area contributed by atoms with E-state index in [1.165, 1.54) is 16.9 Å². The highest BCUT2D eigenvalue weighted by Crippen LogP contribution is 2.27. The Balaban J connectivity index is 1.47. The van der Waals surface area contributed by atoms with E-state index in [9.17, 15) is 0 Å². The van der Waals surface area contributed by atoms with E-state index in [-0.39, 0.29) is 0 Å². The van der Waals surface area contributed by atoms with Crippen LogP contribution in [0.15, 0.2) is 97.7 Å². The largest absolute Gasteiger partial charge is 0.372 e. The number of hydrogen-bond acceptors (Lipinski definition) is 4. The Hall–Kier alpha value is -4.18. The van der Waals surface area contributed by atoms with Crippen molar-refractivity contribution >= 4 is 34.3 Å². The number of nitrogens with zero attached hydrogens (tertiary/aromatic N) is 2. The van der Waals surface area contributed by atoms with E-state index in [4.69, 9.17) is 0 Å². The third kappa shape index (κ3) is 6.38. The van der Waals surface area contributed by atoms with Gasteiger partial charge in [-0.15, -0.1) is 0 Å². The molecule has 0 amide bonds. The molecule has 4 nitrogen and oxygen atoms in total. The average Bonchev–Trinajstić information content (AvgIpc) is 2.98. The van der Waals surface area contributed by atoms with Gasteiger partial charge in [-0.3, -0.25) is 0 Å². The minimum absolute atomic E-state index is 0.985. The predicted molar refractivity (Wildman–Crippen MR) is 167 cm³/mol. The highest BCUT2D eigenvalue weighted by molar-refractivity contribution is 5.87. The maximum atomic E-state index is 4.34. The molecule has 38 heavy (non-hydrogen) atoms. The summed E-state index contributed by atoms with van der Waals surface area (Å²) in [5.41, 5.74) is 16.8. The summed E-state index contributed by atoms with van der Waals surface area (Å²) >= 11 is 0. The van der Waals surface area contributed by atoms with E-state index in [1.54, 1.807) is 0 Å². The quantitative estimate of drug-likeness (QED) is 0.263. The highest BCUT2D eigenvalue weighted by atomic mass is 15.4.